The van der Waals surface area contributed by atoms with Crippen LogP contribution in [0.5, 0.6) is 0 Å². The maximum absolute atomic E-state index is 12.4. The van der Waals surface area contributed by atoms with Gasteiger partial charge in [0.2, 0.25) is 0 Å². The van der Waals surface area contributed by atoms with Gasteiger partial charge in [0.15, 0.2) is 6.54 Å². The molecule has 3 heteroatoms. The van der Waals surface area contributed by atoms with Gasteiger partial charge in [-0.15, -0.1) is 0 Å². The fourth-order valence-corrected chi connectivity index (χ4v) is 3.79. The molecular formula is C25H47N2O+. The average Bonchev–Trinajstić information content (AvgIpc) is 2.66. The van der Waals surface area contributed by atoms with Gasteiger partial charge in [-0.25, -0.2) is 0 Å². The third-order valence-corrected chi connectivity index (χ3v) is 5.38. The maximum Gasteiger partial charge on any atom is 0.275 e. The first-order valence-corrected chi connectivity index (χ1v) is 11.6. The van der Waals surface area contributed by atoms with Crippen molar-refractivity contribution in [2.24, 2.45) is 0 Å². The lowest BCUT2D eigenvalue weighted by Crippen LogP contribution is -2.53. The second-order valence-electron chi connectivity index (χ2n) is 8.15. The van der Waals surface area contributed by atoms with Crippen molar-refractivity contribution in [1.82, 2.24) is 5.32 Å². The van der Waals surface area contributed by atoms with Gasteiger partial charge < -0.3 is 9.80 Å². The molecule has 1 N–H and O–H groups in total. The number of carbonyl (C=O) groups excluding carboxylic acids is 1. The Bertz CT molecular complexity index is 390. The Labute approximate surface area is 175 Å². The summed E-state index contributed by atoms with van der Waals surface area (Å²) in [5.41, 5.74) is 0. The van der Waals surface area contributed by atoms with E-state index in [1.54, 1.807) is 0 Å². The van der Waals surface area contributed by atoms with E-state index in [9.17, 15) is 4.79 Å². The number of quaternary nitrogens is 1. The van der Waals surface area contributed by atoms with Crippen molar-refractivity contribution in [2.45, 2.75) is 84.0 Å². The van der Waals surface area contributed by atoms with Crippen molar-refractivity contribution in [3.63, 3.8) is 0 Å². The van der Waals surface area contributed by atoms with Gasteiger partial charge in [-0.05, 0) is 24.6 Å². The fraction of sp³-hybridized carbons (Fsp3) is 0.720. The lowest BCUT2D eigenvalue weighted by Gasteiger charge is -2.35. The van der Waals surface area contributed by atoms with Crippen LogP contribution in [0.4, 0.5) is 0 Å². The van der Waals surface area contributed by atoms with Crippen molar-refractivity contribution in [2.75, 3.05) is 32.7 Å². The first-order chi connectivity index (χ1) is 13.6. The molecular weight excluding hydrogens is 344 g/mol. The number of rotatable bonds is 21. The molecule has 0 atom stereocenters. The maximum atomic E-state index is 12.4. The summed E-state index contributed by atoms with van der Waals surface area (Å²) in [6.07, 6.45) is 21.7. The van der Waals surface area contributed by atoms with Crippen LogP contribution in [0.3, 0.4) is 0 Å². The zero-order valence-electron chi connectivity index (χ0n) is 18.7. The molecule has 28 heavy (non-hydrogen) atoms. The van der Waals surface area contributed by atoms with Gasteiger partial charge in [0.1, 0.15) is 0 Å². The van der Waals surface area contributed by atoms with E-state index in [4.69, 9.17) is 0 Å². The minimum Gasteiger partial charge on any atom is -0.351 e. The molecule has 0 radical (unpaired) electrons. The van der Waals surface area contributed by atoms with Crippen LogP contribution in [0.2, 0.25) is 0 Å². The Balaban J connectivity index is 3.73. The van der Waals surface area contributed by atoms with Crippen LogP contribution in [0.1, 0.15) is 84.0 Å². The van der Waals surface area contributed by atoms with Crippen molar-refractivity contribution >= 4 is 5.91 Å². The summed E-state index contributed by atoms with van der Waals surface area (Å²) in [4.78, 5) is 12.4. The number of unbranched alkanes of at least 4 members (excludes halogenated alkanes) is 11. The highest BCUT2D eigenvalue weighted by Gasteiger charge is 2.26. The number of amides is 1. The number of nitrogens with one attached hydrogen (secondary N) is 1. The Morgan fingerprint density at radius 1 is 0.714 bits per heavy atom. The molecule has 1 amide bonds. The molecule has 0 aliphatic rings. The molecule has 0 aromatic heterocycles. The molecule has 0 aromatic rings. The minimum atomic E-state index is 0.119. The lowest BCUT2D eigenvalue weighted by molar-refractivity contribution is -0.904. The van der Waals surface area contributed by atoms with Gasteiger partial charge in [-0.1, -0.05) is 97.3 Å². The summed E-state index contributed by atoms with van der Waals surface area (Å²) in [5, 5.41) is 3.09. The zero-order chi connectivity index (χ0) is 20.9. The molecule has 0 bridgehead atoms. The third-order valence-electron chi connectivity index (χ3n) is 5.38. The van der Waals surface area contributed by atoms with Crippen LogP contribution >= 0.6 is 0 Å². The normalized spacial score (nSPS) is 11.2. The predicted octanol–water partition coefficient (Wildman–Crippen LogP) is 6.18. The standard InChI is InChI=1S/C25H46N2O/c1-5-9-10-11-12-13-14-15-16-17-18-19-20-26-25(28)24-27(21-6-2,22-7-3)23-8-4/h6-8H,2-5,9-24H2,1H3/p+1. The fourth-order valence-electron chi connectivity index (χ4n) is 3.79. The first-order valence-electron chi connectivity index (χ1n) is 11.6. The van der Waals surface area contributed by atoms with Crippen molar-refractivity contribution < 1.29 is 9.28 Å². The molecule has 0 aliphatic heterocycles. The van der Waals surface area contributed by atoms with Crippen LogP contribution < -0.4 is 5.32 Å². The molecule has 0 saturated carbocycles. The average molecular weight is 392 g/mol. The summed E-state index contributed by atoms with van der Waals surface area (Å²) in [6, 6.07) is 0. The van der Waals surface area contributed by atoms with E-state index in [-0.39, 0.29) is 5.91 Å². The number of hydrogen-bond donors (Lipinski definition) is 1. The molecule has 0 unspecified atom stereocenters. The topological polar surface area (TPSA) is 29.1 Å². The minimum absolute atomic E-state index is 0.119. The summed E-state index contributed by atoms with van der Waals surface area (Å²) < 4.78 is 0.626. The summed E-state index contributed by atoms with van der Waals surface area (Å²) >= 11 is 0. The number of hydrogen-bond acceptors (Lipinski definition) is 1. The summed E-state index contributed by atoms with van der Waals surface area (Å²) in [7, 11) is 0. The van der Waals surface area contributed by atoms with Gasteiger partial charge in [-0.3, -0.25) is 4.79 Å². The monoisotopic (exact) mass is 391 g/mol. The molecule has 0 rings (SSSR count). The second kappa shape index (κ2) is 19.0. The van der Waals surface area contributed by atoms with Crippen LogP contribution in [0.25, 0.3) is 0 Å². The first kappa shape index (κ1) is 26.6. The van der Waals surface area contributed by atoms with Crippen LogP contribution in [0, 0.1) is 0 Å². The van der Waals surface area contributed by atoms with Crippen molar-refractivity contribution in [3.05, 3.63) is 38.0 Å². The van der Waals surface area contributed by atoms with Crippen LogP contribution in [-0.2, 0) is 4.79 Å². The molecule has 0 fully saturated rings. The Morgan fingerprint density at radius 3 is 1.50 bits per heavy atom. The van der Waals surface area contributed by atoms with Gasteiger partial charge >= 0.3 is 0 Å². The van der Waals surface area contributed by atoms with E-state index in [2.05, 4.69) is 32.0 Å². The molecule has 0 heterocycles. The SMILES string of the molecule is C=CC[N+](CC=C)(CC=C)CC(=O)NCCCCCCCCCCCCCC. The van der Waals surface area contributed by atoms with E-state index in [1.165, 1.54) is 70.6 Å². The third kappa shape index (κ3) is 14.7. The molecule has 3 nitrogen and oxygen atoms in total. The van der Waals surface area contributed by atoms with Gasteiger partial charge in [0.05, 0.1) is 19.6 Å². The lowest BCUT2D eigenvalue weighted by atomic mass is 10.1. The van der Waals surface area contributed by atoms with Crippen molar-refractivity contribution in [3.8, 4) is 0 Å². The van der Waals surface area contributed by atoms with E-state index in [0.29, 0.717) is 11.0 Å². The Kier molecular flexibility index (Phi) is 18.1. The highest BCUT2D eigenvalue weighted by atomic mass is 16.2. The largest absolute Gasteiger partial charge is 0.351 e. The summed E-state index contributed by atoms with van der Waals surface area (Å²) in [5.74, 6) is 0.119. The molecule has 0 aliphatic carbocycles. The van der Waals surface area contributed by atoms with Gasteiger partial charge in [0.25, 0.3) is 5.91 Å². The molecule has 0 saturated heterocycles. The molecule has 162 valence electrons. The summed E-state index contributed by atoms with van der Waals surface area (Å²) in [6.45, 7) is 17.3. The smallest absolute Gasteiger partial charge is 0.275 e. The highest BCUT2D eigenvalue weighted by Crippen LogP contribution is 2.12. The quantitative estimate of drug-likeness (QED) is 0.141. The van der Waals surface area contributed by atoms with Gasteiger partial charge in [0, 0.05) is 6.54 Å². The highest BCUT2D eigenvalue weighted by molar-refractivity contribution is 5.77. The number of nitrogens with zero attached hydrogens (tertiary/aromatic N) is 1. The van der Waals surface area contributed by atoms with Crippen LogP contribution in [0.15, 0.2) is 38.0 Å². The molecule has 0 aromatic carbocycles. The number of carbonyl (C=O) groups is 1. The van der Waals surface area contributed by atoms with E-state index >= 15 is 0 Å². The Morgan fingerprint density at radius 2 is 1.11 bits per heavy atom. The predicted molar refractivity (Wildman–Crippen MR) is 124 cm³/mol. The van der Waals surface area contributed by atoms with E-state index in [0.717, 1.165) is 32.6 Å². The van der Waals surface area contributed by atoms with Crippen LogP contribution in [-0.4, -0.2) is 43.1 Å². The van der Waals surface area contributed by atoms with E-state index in [1.807, 2.05) is 18.2 Å². The Hall–Kier alpha value is -1.35. The van der Waals surface area contributed by atoms with E-state index < -0.39 is 0 Å². The molecule has 0 spiro atoms. The second-order valence-corrected chi connectivity index (χ2v) is 8.15. The van der Waals surface area contributed by atoms with Gasteiger partial charge in [-0.2, -0.15) is 0 Å². The zero-order valence-corrected chi connectivity index (χ0v) is 18.7. The van der Waals surface area contributed by atoms with Crippen molar-refractivity contribution in [1.29, 1.82) is 0 Å².